The van der Waals surface area contributed by atoms with E-state index in [-0.39, 0.29) is 43.6 Å². The van der Waals surface area contributed by atoms with Crippen LogP contribution in [0.15, 0.2) is 18.2 Å². The van der Waals surface area contributed by atoms with Crippen molar-refractivity contribution in [1.82, 2.24) is 0 Å². The summed E-state index contributed by atoms with van der Waals surface area (Å²) in [5.74, 6) is -0.0170. The van der Waals surface area contributed by atoms with Gasteiger partial charge in [-0.25, -0.2) is 6.61 Å². The Hall–Kier alpha value is 0.732. The zero-order valence-electron chi connectivity index (χ0n) is 10.9. The molecule has 6 heteroatoms. The zero-order chi connectivity index (χ0) is 13.5. The Bertz CT molecular complexity index is 357. The van der Waals surface area contributed by atoms with E-state index in [0.717, 1.165) is 5.56 Å². The third-order valence-electron chi connectivity index (χ3n) is 2.20. The van der Waals surface area contributed by atoms with E-state index >= 15 is 0 Å². The smallest absolute Gasteiger partial charge is 0.125 e. The second-order valence-electron chi connectivity index (χ2n) is 4.09. The molecule has 2 unspecified atom stereocenters. The zero-order valence-corrected chi connectivity index (χ0v) is 16.6. The molecule has 2 atom stereocenters. The molecule has 0 saturated heterocycles. The van der Waals surface area contributed by atoms with E-state index in [1.165, 1.54) is 0 Å². The van der Waals surface area contributed by atoms with Crippen molar-refractivity contribution in [1.29, 1.82) is 0 Å². The van der Waals surface area contributed by atoms with Crippen LogP contribution in [0.5, 0.6) is 0 Å². The molecule has 0 spiro atoms. The van der Waals surface area contributed by atoms with E-state index in [1.54, 1.807) is 31.7 Å². The first-order chi connectivity index (χ1) is 8.51. The van der Waals surface area contributed by atoms with E-state index < -0.39 is 6.29 Å². The molecular weight excluding hydrogens is 513 g/mol. The Labute approximate surface area is 147 Å². The van der Waals surface area contributed by atoms with Crippen molar-refractivity contribution in [2.24, 2.45) is 5.92 Å². The van der Waals surface area contributed by atoms with Crippen molar-refractivity contribution in [3.63, 3.8) is 0 Å². The molecule has 0 fully saturated rings. The SMILES string of the molecule is CC([CH-]OC(C)OCc1cc(Cl)cc(Cl)c1)CO.[U]. The molecule has 19 heavy (non-hydrogen) atoms. The number of benzene rings is 1. The van der Waals surface area contributed by atoms with Gasteiger partial charge in [-0.15, -0.1) is 5.92 Å². The van der Waals surface area contributed by atoms with Gasteiger partial charge in [-0.05, 0) is 30.7 Å². The van der Waals surface area contributed by atoms with E-state index in [9.17, 15) is 0 Å². The number of aliphatic hydroxyl groups is 1. The maximum Gasteiger partial charge on any atom is 0.125 e. The van der Waals surface area contributed by atoms with Crippen LogP contribution in [-0.2, 0) is 16.1 Å². The summed E-state index contributed by atoms with van der Waals surface area (Å²) in [4.78, 5) is 0. The van der Waals surface area contributed by atoms with E-state index in [4.69, 9.17) is 37.8 Å². The predicted octanol–water partition coefficient (Wildman–Crippen LogP) is 3.66. The maximum absolute atomic E-state index is 8.84. The van der Waals surface area contributed by atoms with Gasteiger partial charge in [0, 0.05) is 47.8 Å². The fraction of sp³-hybridized carbons (Fsp3) is 0.462. The quantitative estimate of drug-likeness (QED) is 0.433. The number of halogens is 2. The van der Waals surface area contributed by atoms with Gasteiger partial charge in [0.15, 0.2) is 0 Å². The third-order valence-corrected chi connectivity index (χ3v) is 2.63. The normalized spacial score (nSPS) is 13.7. The Morgan fingerprint density at radius 1 is 1.21 bits per heavy atom. The van der Waals surface area contributed by atoms with E-state index in [2.05, 4.69) is 0 Å². The van der Waals surface area contributed by atoms with Gasteiger partial charge in [-0.1, -0.05) is 30.1 Å². The van der Waals surface area contributed by atoms with Crippen molar-refractivity contribution in [3.8, 4) is 0 Å². The summed E-state index contributed by atoms with van der Waals surface area (Å²) in [6.07, 6.45) is -0.392. The summed E-state index contributed by atoms with van der Waals surface area (Å²) in [6, 6.07) is 5.25. The Kier molecular flexibility index (Phi) is 10.9. The summed E-state index contributed by atoms with van der Waals surface area (Å²) in [5, 5.41) is 9.99. The van der Waals surface area contributed by atoms with Crippen LogP contribution in [-0.4, -0.2) is 18.0 Å². The molecule has 1 aromatic rings. The first-order valence-electron chi connectivity index (χ1n) is 5.67. The van der Waals surface area contributed by atoms with Gasteiger partial charge in [-0.3, -0.25) is 0 Å². The average Bonchev–Trinajstić information content (AvgIpc) is 2.32. The molecule has 1 rings (SSSR count). The van der Waals surface area contributed by atoms with Crippen molar-refractivity contribution in [3.05, 3.63) is 40.4 Å². The fourth-order valence-corrected chi connectivity index (χ4v) is 1.81. The summed E-state index contributed by atoms with van der Waals surface area (Å²) in [5.41, 5.74) is 0.887. The molecule has 0 saturated carbocycles. The largest absolute Gasteiger partial charge is 0.529 e. The van der Waals surface area contributed by atoms with Crippen LogP contribution < -0.4 is 0 Å². The fourth-order valence-electron chi connectivity index (χ4n) is 1.23. The van der Waals surface area contributed by atoms with Gasteiger partial charge in [0.1, 0.15) is 6.29 Å². The summed E-state index contributed by atoms with van der Waals surface area (Å²) in [6.45, 7) is 5.62. The number of ether oxygens (including phenoxy) is 2. The first-order valence-corrected chi connectivity index (χ1v) is 6.43. The van der Waals surface area contributed by atoms with E-state index in [0.29, 0.717) is 16.7 Å². The molecule has 0 aliphatic carbocycles. The van der Waals surface area contributed by atoms with Crippen LogP contribution in [0.4, 0.5) is 0 Å². The van der Waals surface area contributed by atoms with Crippen LogP contribution in [0.1, 0.15) is 19.4 Å². The summed E-state index contributed by atoms with van der Waals surface area (Å²) in [7, 11) is 0. The Morgan fingerprint density at radius 2 is 1.79 bits per heavy atom. The summed E-state index contributed by atoms with van der Waals surface area (Å²) >= 11 is 11.8. The van der Waals surface area contributed by atoms with Gasteiger partial charge in [0.2, 0.25) is 0 Å². The van der Waals surface area contributed by atoms with Crippen LogP contribution in [0, 0.1) is 43.6 Å². The molecule has 0 aliphatic rings. The minimum Gasteiger partial charge on any atom is -0.529 e. The van der Waals surface area contributed by atoms with Gasteiger partial charge >= 0.3 is 0 Å². The van der Waals surface area contributed by atoms with Crippen molar-refractivity contribution >= 4 is 23.2 Å². The minimum atomic E-state index is -0.392. The molecule has 0 aromatic heterocycles. The average molecular weight is 530 g/mol. The second-order valence-corrected chi connectivity index (χ2v) is 4.96. The van der Waals surface area contributed by atoms with Gasteiger partial charge in [-0.2, -0.15) is 0 Å². The molecule has 0 aliphatic heterocycles. The third kappa shape index (κ3) is 8.57. The Balaban J connectivity index is 0.00000324. The molecule has 1 N–H and O–H groups in total. The van der Waals surface area contributed by atoms with E-state index in [1.807, 2.05) is 6.92 Å². The monoisotopic (exact) mass is 529 g/mol. The molecule has 0 heterocycles. The van der Waals surface area contributed by atoms with Crippen molar-refractivity contribution < 1.29 is 45.7 Å². The van der Waals surface area contributed by atoms with Crippen LogP contribution in [0.2, 0.25) is 10.0 Å². The minimum absolute atomic E-state index is 0. The Morgan fingerprint density at radius 3 is 2.32 bits per heavy atom. The summed E-state index contributed by atoms with van der Waals surface area (Å²) < 4.78 is 10.8. The molecule has 0 amide bonds. The van der Waals surface area contributed by atoms with Gasteiger partial charge in [0.25, 0.3) is 0 Å². The van der Waals surface area contributed by atoms with Crippen LogP contribution in [0.25, 0.3) is 0 Å². The second kappa shape index (κ2) is 10.5. The number of aliphatic hydroxyl groups excluding tert-OH is 1. The molecule has 0 bridgehead atoms. The molecule has 106 valence electrons. The topological polar surface area (TPSA) is 38.7 Å². The number of rotatable bonds is 7. The molecule has 1 aromatic carbocycles. The van der Waals surface area contributed by atoms with Gasteiger partial charge in [0.05, 0.1) is 6.61 Å². The van der Waals surface area contributed by atoms with Crippen LogP contribution in [0.3, 0.4) is 0 Å². The molecule has 3 nitrogen and oxygen atoms in total. The number of hydrogen-bond donors (Lipinski definition) is 1. The van der Waals surface area contributed by atoms with Crippen molar-refractivity contribution in [2.45, 2.75) is 26.7 Å². The van der Waals surface area contributed by atoms with Crippen LogP contribution >= 0.6 is 23.2 Å². The predicted molar refractivity (Wildman–Crippen MR) is 72.3 cm³/mol. The first kappa shape index (κ1) is 19.7. The number of hydrogen-bond acceptors (Lipinski definition) is 3. The van der Waals surface area contributed by atoms with Gasteiger partial charge < -0.3 is 14.6 Å². The maximum atomic E-state index is 8.84. The molecular formula is C13H17Cl2O3U-. The van der Waals surface area contributed by atoms with Crippen molar-refractivity contribution in [2.75, 3.05) is 6.61 Å². The molecule has 0 radical (unpaired) electrons. The standard InChI is InChI=1S/C13H17Cl2O3.U/c1-9(6-16)7-17-10(2)18-8-11-3-12(14)5-13(15)4-11;/h3-5,7,9-10,16H,6,8H2,1-2H3;/q-1;.